The van der Waals surface area contributed by atoms with Gasteiger partial charge in [-0.05, 0) is 25.0 Å². The molecule has 2 nitrogen and oxygen atoms in total. The second kappa shape index (κ2) is 3.69. The maximum atomic E-state index is 5.30. The maximum Gasteiger partial charge on any atom is 0.142 e. The first kappa shape index (κ1) is 8.42. The third-order valence-electron chi connectivity index (χ3n) is 2.38. The van der Waals surface area contributed by atoms with Crippen LogP contribution in [0.2, 0.25) is 0 Å². The molecule has 0 spiro atoms. The zero-order valence-corrected chi connectivity index (χ0v) is 7.86. The minimum atomic E-state index is 0.970. The van der Waals surface area contributed by atoms with Gasteiger partial charge in [-0.15, -0.1) is 0 Å². The van der Waals surface area contributed by atoms with Crippen LogP contribution in [0.25, 0.3) is 0 Å². The van der Waals surface area contributed by atoms with Crippen LogP contribution in [-0.4, -0.2) is 20.2 Å². The Bertz CT molecular complexity index is 279. The lowest BCUT2D eigenvalue weighted by atomic mass is 10.2. The molecular weight excluding hydrogens is 162 g/mol. The molecule has 0 aromatic heterocycles. The fraction of sp³-hybridized carbons (Fsp3) is 0.364. The normalized spacial score (nSPS) is 16.2. The van der Waals surface area contributed by atoms with E-state index in [1.165, 1.54) is 12.1 Å². The summed E-state index contributed by atoms with van der Waals surface area (Å²) in [5.41, 5.74) is 1.21. The highest BCUT2D eigenvalue weighted by atomic mass is 16.5. The second-order valence-electron chi connectivity index (χ2n) is 3.20. The lowest BCUT2D eigenvalue weighted by Crippen LogP contribution is -2.18. The van der Waals surface area contributed by atoms with E-state index in [2.05, 4.69) is 23.5 Å². The Hall–Kier alpha value is -1.18. The topological polar surface area (TPSA) is 12.5 Å². The van der Waals surface area contributed by atoms with Crippen LogP contribution in [0.1, 0.15) is 6.42 Å². The van der Waals surface area contributed by atoms with Crippen LogP contribution in [0.3, 0.4) is 0 Å². The van der Waals surface area contributed by atoms with Gasteiger partial charge in [-0.3, -0.25) is 0 Å². The summed E-state index contributed by atoms with van der Waals surface area (Å²) in [5, 5.41) is 0. The number of hydrogen-bond donors (Lipinski definition) is 0. The van der Waals surface area contributed by atoms with E-state index in [4.69, 9.17) is 4.74 Å². The molecule has 0 amide bonds. The zero-order valence-electron chi connectivity index (χ0n) is 7.86. The van der Waals surface area contributed by atoms with E-state index in [9.17, 15) is 0 Å². The fourth-order valence-electron chi connectivity index (χ4n) is 1.70. The number of rotatable bonds is 2. The largest absolute Gasteiger partial charge is 0.495 e. The highest BCUT2D eigenvalue weighted by Gasteiger charge is 2.15. The van der Waals surface area contributed by atoms with Crippen molar-refractivity contribution in [2.24, 2.45) is 0 Å². The van der Waals surface area contributed by atoms with Crippen molar-refractivity contribution >= 4 is 5.69 Å². The van der Waals surface area contributed by atoms with Gasteiger partial charge < -0.3 is 9.64 Å². The number of benzene rings is 1. The van der Waals surface area contributed by atoms with E-state index in [1.807, 2.05) is 12.1 Å². The van der Waals surface area contributed by atoms with Gasteiger partial charge in [0.25, 0.3) is 0 Å². The highest BCUT2D eigenvalue weighted by Crippen LogP contribution is 2.29. The molecule has 1 aromatic carbocycles. The predicted molar refractivity (Wildman–Crippen MR) is 54.1 cm³/mol. The highest BCUT2D eigenvalue weighted by molar-refractivity contribution is 5.59. The van der Waals surface area contributed by atoms with Gasteiger partial charge in [0.1, 0.15) is 5.75 Å². The molecule has 69 valence electrons. The van der Waals surface area contributed by atoms with Crippen LogP contribution in [0.4, 0.5) is 5.69 Å². The summed E-state index contributed by atoms with van der Waals surface area (Å²) >= 11 is 0. The molecule has 1 heterocycles. The van der Waals surface area contributed by atoms with Crippen molar-refractivity contribution in [3.8, 4) is 5.75 Å². The van der Waals surface area contributed by atoms with Gasteiger partial charge in [-0.1, -0.05) is 12.1 Å². The van der Waals surface area contributed by atoms with Crippen LogP contribution in [-0.2, 0) is 0 Å². The standard InChI is InChI=1S/C11H14NO/c1-13-11-7-3-2-6-10(11)12-8-4-5-9-12/h2-4,6-7H,5,8-9H2,1H3. The molecule has 0 unspecified atom stereocenters. The molecule has 0 atom stereocenters. The van der Waals surface area contributed by atoms with Crippen LogP contribution in [0.5, 0.6) is 5.75 Å². The Morgan fingerprint density at radius 2 is 2.15 bits per heavy atom. The van der Waals surface area contributed by atoms with E-state index in [0.717, 1.165) is 18.8 Å². The molecule has 1 fully saturated rings. The average Bonchev–Trinajstić information content (AvgIpc) is 2.70. The Kier molecular flexibility index (Phi) is 2.39. The van der Waals surface area contributed by atoms with Gasteiger partial charge in [-0.2, -0.15) is 0 Å². The van der Waals surface area contributed by atoms with Gasteiger partial charge in [0.05, 0.1) is 12.8 Å². The van der Waals surface area contributed by atoms with Crippen LogP contribution in [0, 0.1) is 6.42 Å². The summed E-state index contributed by atoms with van der Waals surface area (Å²) in [6, 6.07) is 8.17. The van der Waals surface area contributed by atoms with Crippen LogP contribution >= 0.6 is 0 Å². The van der Waals surface area contributed by atoms with Crippen molar-refractivity contribution in [2.75, 3.05) is 25.1 Å². The van der Waals surface area contributed by atoms with E-state index in [-0.39, 0.29) is 0 Å². The van der Waals surface area contributed by atoms with Gasteiger partial charge in [0.15, 0.2) is 0 Å². The minimum Gasteiger partial charge on any atom is -0.495 e. The molecule has 1 saturated heterocycles. The molecule has 2 rings (SSSR count). The first-order valence-corrected chi connectivity index (χ1v) is 4.61. The quantitative estimate of drug-likeness (QED) is 0.684. The SMILES string of the molecule is COc1ccccc1N1C[CH]CC1. The summed E-state index contributed by atoms with van der Waals surface area (Å²) in [7, 11) is 1.72. The number of para-hydroxylation sites is 2. The molecule has 1 radical (unpaired) electrons. The van der Waals surface area contributed by atoms with Crippen LogP contribution in [0.15, 0.2) is 24.3 Å². The molecule has 1 aliphatic rings. The van der Waals surface area contributed by atoms with Crippen molar-refractivity contribution in [3.63, 3.8) is 0 Å². The molecule has 1 aromatic rings. The lowest BCUT2D eigenvalue weighted by molar-refractivity contribution is 0.415. The predicted octanol–water partition coefficient (Wildman–Crippen LogP) is 2.11. The molecule has 1 aliphatic heterocycles. The fourth-order valence-corrected chi connectivity index (χ4v) is 1.70. The lowest BCUT2D eigenvalue weighted by Gasteiger charge is -2.19. The Labute approximate surface area is 79.1 Å². The second-order valence-corrected chi connectivity index (χ2v) is 3.20. The van der Waals surface area contributed by atoms with Crippen molar-refractivity contribution < 1.29 is 4.74 Å². The Balaban J connectivity index is 2.26. The average molecular weight is 176 g/mol. The van der Waals surface area contributed by atoms with E-state index < -0.39 is 0 Å². The van der Waals surface area contributed by atoms with Gasteiger partial charge in [0, 0.05) is 13.1 Å². The number of ether oxygens (including phenoxy) is 1. The summed E-state index contributed by atoms with van der Waals surface area (Å²) in [4.78, 5) is 2.33. The first-order valence-electron chi connectivity index (χ1n) is 4.61. The molecule has 2 heteroatoms. The Morgan fingerprint density at radius 3 is 2.85 bits per heavy atom. The summed E-state index contributed by atoms with van der Waals surface area (Å²) < 4.78 is 5.30. The number of anilines is 1. The van der Waals surface area contributed by atoms with E-state index in [1.54, 1.807) is 7.11 Å². The third-order valence-corrected chi connectivity index (χ3v) is 2.38. The van der Waals surface area contributed by atoms with Crippen molar-refractivity contribution in [2.45, 2.75) is 6.42 Å². The molecule has 0 aliphatic carbocycles. The maximum absolute atomic E-state index is 5.30. The molecule has 13 heavy (non-hydrogen) atoms. The zero-order chi connectivity index (χ0) is 9.10. The van der Waals surface area contributed by atoms with Gasteiger partial charge in [0.2, 0.25) is 0 Å². The molecule has 0 saturated carbocycles. The van der Waals surface area contributed by atoms with E-state index >= 15 is 0 Å². The Morgan fingerprint density at radius 1 is 1.31 bits per heavy atom. The number of hydrogen-bond acceptors (Lipinski definition) is 2. The summed E-state index contributed by atoms with van der Waals surface area (Å²) in [6.07, 6.45) is 3.48. The van der Waals surface area contributed by atoms with Crippen molar-refractivity contribution in [1.29, 1.82) is 0 Å². The number of methoxy groups -OCH3 is 1. The first-order chi connectivity index (χ1) is 6.42. The molecular formula is C11H14NO. The summed E-state index contributed by atoms with van der Waals surface area (Å²) in [6.45, 7) is 2.15. The van der Waals surface area contributed by atoms with Crippen LogP contribution < -0.4 is 9.64 Å². The molecule has 0 bridgehead atoms. The number of nitrogens with zero attached hydrogens (tertiary/aromatic N) is 1. The van der Waals surface area contributed by atoms with Gasteiger partial charge >= 0.3 is 0 Å². The summed E-state index contributed by atoms with van der Waals surface area (Å²) in [5.74, 6) is 0.970. The minimum absolute atomic E-state index is 0.970. The smallest absolute Gasteiger partial charge is 0.142 e. The van der Waals surface area contributed by atoms with Crippen molar-refractivity contribution in [3.05, 3.63) is 30.7 Å². The monoisotopic (exact) mass is 176 g/mol. The van der Waals surface area contributed by atoms with E-state index in [0.29, 0.717) is 0 Å². The van der Waals surface area contributed by atoms with Gasteiger partial charge in [-0.25, -0.2) is 0 Å². The van der Waals surface area contributed by atoms with Crippen molar-refractivity contribution in [1.82, 2.24) is 0 Å². The molecule has 0 N–H and O–H groups in total. The third kappa shape index (κ3) is 1.62.